The maximum Gasteiger partial charge on any atom is 0.137 e. The van der Waals surface area contributed by atoms with Gasteiger partial charge in [-0.25, -0.2) is 0 Å². The second-order valence-electron chi connectivity index (χ2n) is 5.92. The van der Waals surface area contributed by atoms with Gasteiger partial charge < -0.3 is 9.52 Å². The van der Waals surface area contributed by atoms with Gasteiger partial charge in [-0.3, -0.25) is 0 Å². The first-order chi connectivity index (χ1) is 9.47. The van der Waals surface area contributed by atoms with Gasteiger partial charge in [0.05, 0.1) is 0 Å². The molecule has 0 radical (unpaired) electrons. The summed E-state index contributed by atoms with van der Waals surface area (Å²) in [6.07, 6.45) is 1.25. The van der Waals surface area contributed by atoms with Crippen LogP contribution in [0.5, 0.6) is 0 Å². The number of aliphatic hydroxyl groups is 1. The van der Waals surface area contributed by atoms with Gasteiger partial charge in [0.2, 0.25) is 0 Å². The molecular formula is C18H24O2. The summed E-state index contributed by atoms with van der Waals surface area (Å²) in [6, 6.07) is 12.0. The van der Waals surface area contributed by atoms with Crippen LogP contribution in [0.25, 0.3) is 0 Å². The van der Waals surface area contributed by atoms with Crippen LogP contribution >= 0.6 is 0 Å². The predicted octanol–water partition coefficient (Wildman–Crippen LogP) is 4.61. The molecule has 1 aromatic heterocycles. The Morgan fingerprint density at radius 2 is 1.70 bits per heavy atom. The maximum absolute atomic E-state index is 10.4. The van der Waals surface area contributed by atoms with Gasteiger partial charge in [0.1, 0.15) is 17.6 Å². The van der Waals surface area contributed by atoms with Crippen molar-refractivity contribution in [2.24, 2.45) is 0 Å². The highest BCUT2D eigenvalue weighted by atomic mass is 16.4. The van der Waals surface area contributed by atoms with E-state index in [-0.39, 0.29) is 5.41 Å². The molecule has 0 aliphatic rings. The minimum Gasteiger partial charge on any atom is -0.463 e. The van der Waals surface area contributed by atoms with Crippen molar-refractivity contribution >= 4 is 0 Å². The van der Waals surface area contributed by atoms with E-state index in [9.17, 15) is 5.11 Å². The monoisotopic (exact) mass is 272 g/mol. The Bertz CT molecular complexity index is 549. The summed E-state index contributed by atoms with van der Waals surface area (Å²) in [5.41, 5.74) is 2.34. The molecule has 0 aliphatic heterocycles. The van der Waals surface area contributed by atoms with Crippen LogP contribution in [0.2, 0.25) is 0 Å². The third-order valence-electron chi connectivity index (χ3n) is 4.19. The molecule has 2 aromatic rings. The molecule has 20 heavy (non-hydrogen) atoms. The topological polar surface area (TPSA) is 33.4 Å². The molecule has 0 fully saturated rings. The molecule has 2 rings (SSSR count). The summed E-state index contributed by atoms with van der Waals surface area (Å²) in [4.78, 5) is 0. The first kappa shape index (κ1) is 14.9. The molecule has 0 spiro atoms. The van der Waals surface area contributed by atoms with Crippen LogP contribution in [0, 0.1) is 0 Å². The van der Waals surface area contributed by atoms with E-state index in [1.807, 2.05) is 31.2 Å². The minimum atomic E-state index is -0.686. The smallest absolute Gasteiger partial charge is 0.137 e. The third-order valence-corrected chi connectivity index (χ3v) is 4.19. The van der Waals surface area contributed by atoms with Crippen molar-refractivity contribution < 1.29 is 9.52 Å². The van der Waals surface area contributed by atoms with Crippen LogP contribution in [0.1, 0.15) is 62.9 Å². The van der Waals surface area contributed by atoms with E-state index in [2.05, 4.69) is 32.9 Å². The molecule has 0 bridgehead atoms. The van der Waals surface area contributed by atoms with Gasteiger partial charge in [-0.05, 0) is 35.1 Å². The molecule has 2 heteroatoms. The Labute approximate surface area is 121 Å². The standard InChI is InChI=1S/C18H24O2/c1-5-15-11-12-16(20-15)17(19)13-7-9-14(10-8-13)18(3,4)6-2/h7-12,17,19H,5-6H2,1-4H3. The van der Waals surface area contributed by atoms with Crippen LogP contribution in [-0.2, 0) is 11.8 Å². The molecule has 1 heterocycles. The summed E-state index contributed by atoms with van der Waals surface area (Å²) in [5.74, 6) is 1.52. The van der Waals surface area contributed by atoms with Crippen molar-refractivity contribution in [3.63, 3.8) is 0 Å². The van der Waals surface area contributed by atoms with Gasteiger partial charge in [-0.2, -0.15) is 0 Å². The van der Waals surface area contributed by atoms with Gasteiger partial charge in [-0.1, -0.05) is 52.0 Å². The summed E-state index contributed by atoms with van der Waals surface area (Å²) >= 11 is 0. The highest BCUT2D eigenvalue weighted by Gasteiger charge is 2.19. The van der Waals surface area contributed by atoms with E-state index in [1.165, 1.54) is 5.56 Å². The molecule has 1 atom stereocenters. The van der Waals surface area contributed by atoms with Crippen molar-refractivity contribution in [3.05, 3.63) is 59.0 Å². The summed E-state index contributed by atoms with van der Waals surface area (Å²) in [7, 11) is 0. The largest absolute Gasteiger partial charge is 0.463 e. The van der Waals surface area contributed by atoms with Crippen molar-refractivity contribution in [2.45, 2.75) is 52.1 Å². The predicted molar refractivity (Wildman–Crippen MR) is 81.9 cm³/mol. The molecule has 0 aliphatic carbocycles. The number of aliphatic hydroxyl groups excluding tert-OH is 1. The van der Waals surface area contributed by atoms with E-state index in [0.29, 0.717) is 5.76 Å². The Morgan fingerprint density at radius 1 is 1.05 bits per heavy atom. The van der Waals surface area contributed by atoms with Crippen LogP contribution in [0.15, 0.2) is 40.8 Å². The van der Waals surface area contributed by atoms with E-state index in [4.69, 9.17) is 4.42 Å². The SMILES string of the molecule is CCc1ccc(C(O)c2ccc(C(C)(C)CC)cc2)o1. The lowest BCUT2D eigenvalue weighted by Crippen LogP contribution is -2.15. The number of aryl methyl sites for hydroxylation is 1. The average Bonchev–Trinajstić information content (AvgIpc) is 2.95. The van der Waals surface area contributed by atoms with Gasteiger partial charge in [0.15, 0.2) is 0 Å². The molecule has 1 N–H and O–H groups in total. The van der Waals surface area contributed by atoms with E-state index in [1.54, 1.807) is 0 Å². The van der Waals surface area contributed by atoms with Crippen LogP contribution < -0.4 is 0 Å². The number of furan rings is 1. The van der Waals surface area contributed by atoms with Gasteiger partial charge >= 0.3 is 0 Å². The molecular weight excluding hydrogens is 248 g/mol. The van der Waals surface area contributed by atoms with Gasteiger partial charge in [0, 0.05) is 6.42 Å². The van der Waals surface area contributed by atoms with E-state index >= 15 is 0 Å². The fourth-order valence-electron chi connectivity index (χ4n) is 2.22. The van der Waals surface area contributed by atoms with E-state index in [0.717, 1.165) is 24.2 Å². The number of benzene rings is 1. The fraction of sp³-hybridized carbons (Fsp3) is 0.444. The van der Waals surface area contributed by atoms with Crippen molar-refractivity contribution in [1.29, 1.82) is 0 Å². The first-order valence-electron chi connectivity index (χ1n) is 7.35. The highest BCUT2D eigenvalue weighted by molar-refractivity contribution is 5.32. The first-order valence-corrected chi connectivity index (χ1v) is 7.35. The molecule has 0 amide bonds. The Balaban J connectivity index is 2.21. The number of rotatable bonds is 5. The normalized spacial score (nSPS) is 13.4. The van der Waals surface area contributed by atoms with Crippen LogP contribution in [0.3, 0.4) is 0 Å². The van der Waals surface area contributed by atoms with E-state index < -0.39 is 6.10 Å². The van der Waals surface area contributed by atoms with Crippen molar-refractivity contribution in [2.75, 3.05) is 0 Å². The van der Waals surface area contributed by atoms with Crippen molar-refractivity contribution in [3.8, 4) is 0 Å². The van der Waals surface area contributed by atoms with Crippen LogP contribution in [0.4, 0.5) is 0 Å². The maximum atomic E-state index is 10.4. The summed E-state index contributed by atoms with van der Waals surface area (Å²) in [5, 5.41) is 10.4. The molecule has 0 saturated carbocycles. The molecule has 1 aromatic carbocycles. The lowest BCUT2D eigenvalue weighted by atomic mass is 9.82. The lowest BCUT2D eigenvalue weighted by molar-refractivity contribution is 0.187. The minimum absolute atomic E-state index is 0.170. The Hall–Kier alpha value is -1.54. The fourth-order valence-corrected chi connectivity index (χ4v) is 2.22. The number of hydrogen-bond acceptors (Lipinski definition) is 2. The lowest BCUT2D eigenvalue weighted by Gasteiger charge is -2.23. The summed E-state index contributed by atoms with van der Waals surface area (Å²) < 4.78 is 5.62. The molecule has 2 nitrogen and oxygen atoms in total. The molecule has 1 unspecified atom stereocenters. The van der Waals surface area contributed by atoms with Gasteiger partial charge in [-0.15, -0.1) is 0 Å². The van der Waals surface area contributed by atoms with Crippen molar-refractivity contribution in [1.82, 2.24) is 0 Å². The van der Waals surface area contributed by atoms with Crippen LogP contribution in [-0.4, -0.2) is 5.11 Å². The third kappa shape index (κ3) is 2.96. The zero-order chi connectivity index (χ0) is 14.8. The molecule has 108 valence electrons. The Morgan fingerprint density at radius 3 is 2.20 bits per heavy atom. The quantitative estimate of drug-likeness (QED) is 0.862. The second kappa shape index (κ2) is 5.84. The summed E-state index contributed by atoms with van der Waals surface area (Å²) in [6.45, 7) is 8.70. The van der Waals surface area contributed by atoms with Gasteiger partial charge in [0.25, 0.3) is 0 Å². The number of hydrogen-bond donors (Lipinski definition) is 1. The Kier molecular flexibility index (Phi) is 4.34. The zero-order valence-electron chi connectivity index (χ0n) is 12.8. The highest BCUT2D eigenvalue weighted by Crippen LogP contribution is 2.29. The second-order valence-corrected chi connectivity index (χ2v) is 5.92. The average molecular weight is 272 g/mol. The zero-order valence-corrected chi connectivity index (χ0v) is 12.8. The molecule has 0 saturated heterocycles.